The summed E-state index contributed by atoms with van der Waals surface area (Å²) < 4.78 is 0. The minimum Gasteiger partial charge on any atom is -0.396 e. The van der Waals surface area contributed by atoms with Gasteiger partial charge in [0.05, 0.1) is 12.6 Å². The van der Waals surface area contributed by atoms with E-state index in [-0.39, 0.29) is 24.3 Å². The van der Waals surface area contributed by atoms with Gasteiger partial charge in [0.2, 0.25) is 0 Å². The van der Waals surface area contributed by atoms with Crippen molar-refractivity contribution in [3.63, 3.8) is 0 Å². The van der Waals surface area contributed by atoms with Crippen LogP contribution >= 0.6 is 0 Å². The molecule has 1 aliphatic rings. The smallest absolute Gasteiger partial charge is 0.156 e. The molecule has 0 aromatic carbocycles. The summed E-state index contributed by atoms with van der Waals surface area (Å²) in [6.45, 7) is 4.33. The molecule has 3 N–H and O–H groups in total. The van der Waals surface area contributed by atoms with E-state index in [2.05, 4.69) is 10.6 Å². The van der Waals surface area contributed by atoms with E-state index < -0.39 is 0 Å². The Kier molecular flexibility index (Phi) is 4.35. The van der Waals surface area contributed by atoms with Crippen LogP contribution in [0.2, 0.25) is 0 Å². The number of aliphatic hydroxyl groups excluding tert-OH is 1. The van der Waals surface area contributed by atoms with Gasteiger partial charge in [0.15, 0.2) is 5.78 Å². The molecule has 0 radical (unpaired) electrons. The maximum absolute atomic E-state index is 11.7. The van der Waals surface area contributed by atoms with E-state index in [9.17, 15) is 4.79 Å². The van der Waals surface area contributed by atoms with Gasteiger partial charge >= 0.3 is 0 Å². The summed E-state index contributed by atoms with van der Waals surface area (Å²) in [7, 11) is 0. The summed E-state index contributed by atoms with van der Waals surface area (Å²) in [4.78, 5) is 11.7. The van der Waals surface area contributed by atoms with E-state index in [4.69, 9.17) is 5.11 Å². The van der Waals surface area contributed by atoms with E-state index in [0.29, 0.717) is 13.0 Å². The number of piperazine rings is 1. The SMILES string of the molecule is CCC(CO)C(=O)C1CNCCN1. The van der Waals surface area contributed by atoms with Crippen molar-refractivity contribution in [1.29, 1.82) is 0 Å². The number of hydrogen-bond donors (Lipinski definition) is 3. The molecule has 0 spiro atoms. The van der Waals surface area contributed by atoms with Crippen LogP contribution in [-0.4, -0.2) is 43.2 Å². The fraction of sp³-hybridized carbons (Fsp3) is 0.889. The molecule has 76 valence electrons. The normalized spacial score (nSPS) is 25.5. The van der Waals surface area contributed by atoms with Gasteiger partial charge in [-0.15, -0.1) is 0 Å². The second-order valence-corrected chi connectivity index (χ2v) is 3.40. The van der Waals surface area contributed by atoms with Crippen LogP contribution < -0.4 is 10.6 Å². The van der Waals surface area contributed by atoms with Gasteiger partial charge in [0.1, 0.15) is 0 Å². The molecular weight excluding hydrogens is 168 g/mol. The molecular formula is C9H18N2O2. The van der Waals surface area contributed by atoms with Gasteiger partial charge in [0.25, 0.3) is 0 Å². The van der Waals surface area contributed by atoms with Gasteiger partial charge < -0.3 is 15.7 Å². The Morgan fingerprint density at radius 2 is 2.38 bits per heavy atom. The molecule has 0 aromatic rings. The van der Waals surface area contributed by atoms with Crippen LogP contribution in [0.3, 0.4) is 0 Å². The van der Waals surface area contributed by atoms with E-state index in [1.54, 1.807) is 0 Å². The molecule has 13 heavy (non-hydrogen) atoms. The Morgan fingerprint density at radius 1 is 1.62 bits per heavy atom. The van der Waals surface area contributed by atoms with Crippen molar-refractivity contribution in [1.82, 2.24) is 10.6 Å². The molecule has 1 saturated heterocycles. The van der Waals surface area contributed by atoms with Crippen LogP contribution in [-0.2, 0) is 4.79 Å². The highest BCUT2D eigenvalue weighted by atomic mass is 16.3. The Morgan fingerprint density at radius 3 is 2.85 bits per heavy atom. The monoisotopic (exact) mass is 186 g/mol. The molecule has 4 nitrogen and oxygen atoms in total. The lowest BCUT2D eigenvalue weighted by Crippen LogP contribution is -2.54. The fourth-order valence-electron chi connectivity index (χ4n) is 1.56. The maximum atomic E-state index is 11.7. The third kappa shape index (κ3) is 2.76. The summed E-state index contributed by atoms with van der Waals surface area (Å²) in [5.74, 6) is -0.0606. The van der Waals surface area contributed by atoms with Crippen molar-refractivity contribution < 1.29 is 9.90 Å². The van der Waals surface area contributed by atoms with Gasteiger partial charge in [-0.1, -0.05) is 6.92 Å². The van der Waals surface area contributed by atoms with Crippen molar-refractivity contribution in [3.05, 3.63) is 0 Å². The molecule has 1 heterocycles. The summed E-state index contributed by atoms with van der Waals surface area (Å²) >= 11 is 0. The van der Waals surface area contributed by atoms with E-state index in [0.717, 1.165) is 13.1 Å². The predicted octanol–water partition coefficient (Wildman–Crippen LogP) is -0.865. The first-order valence-electron chi connectivity index (χ1n) is 4.88. The number of aliphatic hydroxyl groups is 1. The highest BCUT2D eigenvalue weighted by molar-refractivity contribution is 5.86. The quantitative estimate of drug-likeness (QED) is 0.534. The zero-order valence-electron chi connectivity index (χ0n) is 8.05. The van der Waals surface area contributed by atoms with E-state index in [1.165, 1.54) is 0 Å². The minimum atomic E-state index is -0.197. The van der Waals surface area contributed by atoms with Crippen LogP contribution in [0.25, 0.3) is 0 Å². The van der Waals surface area contributed by atoms with Crippen LogP contribution in [0.5, 0.6) is 0 Å². The molecule has 2 unspecified atom stereocenters. The molecule has 0 bridgehead atoms. The van der Waals surface area contributed by atoms with Crippen molar-refractivity contribution in [3.8, 4) is 0 Å². The third-order valence-electron chi connectivity index (χ3n) is 2.50. The molecule has 0 saturated carbocycles. The van der Waals surface area contributed by atoms with Gasteiger partial charge in [0, 0.05) is 25.6 Å². The average molecular weight is 186 g/mol. The lowest BCUT2D eigenvalue weighted by Gasteiger charge is -2.25. The number of carbonyl (C=O) groups is 1. The van der Waals surface area contributed by atoms with Crippen molar-refractivity contribution in [2.24, 2.45) is 5.92 Å². The second kappa shape index (κ2) is 5.32. The lowest BCUT2D eigenvalue weighted by molar-refractivity contribution is -0.126. The first kappa shape index (κ1) is 10.6. The third-order valence-corrected chi connectivity index (χ3v) is 2.50. The Bertz CT molecular complexity index is 163. The number of Topliss-reactive ketones (excluding diaryl/α,β-unsaturated/α-hetero) is 1. The fourth-order valence-corrected chi connectivity index (χ4v) is 1.56. The van der Waals surface area contributed by atoms with Crippen LogP contribution in [0.4, 0.5) is 0 Å². The molecule has 0 aliphatic carbocycles. The number of carbonyl (C=O) groups excluding carboxylic acids is 1. The number of rotatable bonds is 4. The first-order chi connectivity index (χ1) is 6.29. The molecule has 0 amide bonds. The Labute approximate surface area is 78.7 Å². The largest absolute Gasteiger partial charge is 0.396 e. The molecule has 0 aromatic heterocycles. The molecule has 1 fully saturated rings. The van der Waals surface area contributed by atoms with Crippen LogP contribution in [0.15, 0.2) is 0 Å². The summed E-state index contributed by atoms with van der Waals surface area (Å²) in [5.41, 5.74) is 0. The summed E-state index contributed by atoms with van der Waals surface area (Å²) in [6.07, 6.45) is 0.716. The van der Waals surface area contributed by atoms with Gasteiger partial charge in [-0.25, -0.2) is 0 Å². The molecule has 2 atom stereocenters. The van der Waals surface area contributed by atoms with Crippen molar-refractivity contribution in [2.45, 2.75) is 19.4 Å². The Hall–Kier alpha value is -0.450. The second-order valence-electron chi connectivity index (χ2n) is 3.40. The van der Waals surface area contributed by atoms with Crippen molar-refractivity contribution >= 4 is 5.78 Å². The number of ketones is 1. The highest BCUT2D eigenvalue weighted by Crippen LogP contribution is 2.06. The zero-order valence-corrected chi connectivity index (χ0v) is 8.05. The molecule has 1 aliphatic heterocycles. The summed E-state index contributed by atoms with van der Waals surface area (Å²) in [6, 6.07) is -0.106. The summed E-state index contributed by atoms with van der Waals surface area (Å²) in [5, 5.41) is 15.3. The minimum absolute atomic E-state index is 0.0342. The average Bonchev–Trinajstić information content (AvgIpc) is 2.21. The highest BCUT2D eigenvalue weighted by Gasteiger charge is 2.25. The Balaban J connectivity index is 2.44. The van der Waals surface area contributed by atoms with Gasteiger partial charge in [-0.05, 0) is 6.42 Å². The zero-order chi connectivity index (χ0) is 9.68. The van der Waals surface area contributed by atoms with Crippen LogP contribution in [0.1, 0.15) is 13.3 Å². The maximum Gasteiger partial charge on any atom is 0.156 e. The molecule has 4 heteroatoms. The topological polar surface area (TPSA) is 61.4 Å². The lowest BCUT2D eigenvalue weighted by atomic mass is 9.95. The van der Waals surface area contributed by atoms with E-state index in [1.807, 2.05) is 6.92 Å². The van der Waals surface area contributed by atoms with Gasteiger partial charge in [-0.3, -0.25) is 4.79 Å². The number of nitrogens with one attached hydrogen (secondary N) is 2. The molecule has 1 rings (SSSR count). The van der Waals surface area contributed by atoms with Gasteiger partial charge in [-0.2, -0.15) is 0 Å². The first-order valence-corrected chi connectivity index (χ1v) is 4.88. The standard InChI is InChI=1S/C9H18N2O2/c1-2-7(6-12)9(13)8-5-10-3-4-11-8/h7-8,10-12H,2-6H2,1H3. The van der Waals surface area contributed by atoms with E-state index >= 15 is 0 Å². The van der Waals surface area contributed by atoms with Crippen LogP contribution in [0, 0.1) is 5.92 Å². The predicted molar refractivity (Wildman–Crippen MR) is 50.5 cm³/mol. The number of hydrogen-bond acceptors (Lipinski definition) is 4. The van der Waals surface area contributed by atoms with Crippen molar-refractivity contribution in [2.75, 3.05) is 26.2 Å².